The minimum absolute atomic E-state index is 0.122. The Morgan fingerprint density at radius 1 is 1.44 bits per heavy atom. The summed E-state index contributed by atoms with van der Waals surface area (Å²) in [7, 11) is 4.21. The number of aliphatic imine (C=N–C) groups is 1. The van der Waals surface area contributed by atoms with Crippen molar-refractivity contribution in [3.05, 3.63) is 0 Å². The average molecular weight is 243 g/mol. The molecule has 1 aliphatic rings. The lowest BCUT2D eigenvalue weighted by Crippen LogP contribution is -2.47. The van der Waals surface area contributed by atoms with Crippen molar-refractivity contribution in [1.29, 1.82) is 0 Å². The van der Waals surface area contributed by atoms with Crippen LogP contribution in [0, 0.1) is 0 Å². The van der Waals surface area contributed by atoms with Crippen LogP contribution in [0.25, 0.3) is 0 Å². The standard InChI is InChI=1S/C12H25N3S/c1-11(2)7-8-16-10(14-11)13-9-12(3,4)15(5)6/h7-9H2,1-6H3,(H,13,14). The quantitative estimate of drug-likeness (QED) is 0.823. The van der Waals surface area contributed by atoms with E-state index in [1.807, 2.05) is 11.8 Å². The fraction of sp³-hybridized carbons (Fsp3) is 0.917. The number of likely N-dealkylation sites (N-methyl/N-ethyl adjacent to an activating group) is 1. The van der Waals surface area contributed by atoms with Gasteiger partial charge in [0.2, 0.25) is 0 Å². The first-order valence-electron chi connectivity index (χ1n) is 5.86. The average Bonchev–Trinajstić information content (AvgIpc) is 2.13. The van der Waals surface area contributed by atoms with Crippen LogP contribution in [-0.4, -0.2) is 47.5 Å². The van der Waals surface area contributed by atoms with Gasteiger partial charge in [-0.05, 0) is 48.2 Å². The highest BCUT2D eigenvalue weighted by Gasteiger charge is 2.25. The molecular formula is C12H25N3S. The lowest BCUT2D eigenvalue weighted by molar-refractivity contribution is 0.205. The normalized spacial score (nSPS) is 23.6. The second kappa shape index (κ2) is 4.96. The van der Waals surface area contributed by atoms with Crippen molar-refractivity contribution >= 4 is 16.9 Å². The minimum atomic E-state index is 0.122. The van der Waals surface area contributed by atoms with Crippen LogP contribution in [0.4, 0.5) is 0 Å². The molecular weight excluding hydrogens is 218 g/mol. The highest BCUT2D eigenvalue weighted by molar-refractivity contribution is 8.13. The third-order valence-electron chi connectivity index (χ3n) is 3.23. The Hall–Kier alpha value is -0.220. The molecule has 0 aromatic carbocycles. The van der Waals surface area contributed by atoms with Crippen molar-refractivity contribution in [2.75, 3.05) is 26.4 Å². The van der Waals surface area contributed by atoms with Gasteiger partial charge in [0.15, 0.2) is 5.17 Å². The van der Waals surface area contributed by atoms with Crippen molar-refractivity contribution in [3.63, 3.8) is 0 Å². The van der Waals surface area contributed by atoms with Gasteiger partial charge in [-0.25, -0.2) is 0 Å². The summed E-state index contributed by atoms with van der Waals surface area (Å²) in [4.78, 5) is 6.92. The minimum Gasteiger partial charge on any atom is -0.360 e. The molecule has 16 heavy (non-hydrogen) atoms. The summed E-state index contributed by atoms with van der Waals surface area (Å²) < 4.78 is 0. The van der Waals surface area contributed by atoms with Crippen molar-refractivity contribution in [2.45, 2.75) is 45.2 Å². The molecule has 0 saturated carbocycles. The largest absolute Gasteiger partial charge is 0.360 e. The third kappa shape index (κ3) is 3.98. The van der Waals surface area contributed by atoms with E-state index in [2.05, 4.69) is 52.0 Å². The van der Waals surface area contributed by atoms with E-state index in [4.69, 9.17) is 4.99 Å². The summed E-state index contributed by atoms with van der Waals surface area (Å²) >= 11 is 1.84. The van der Waals surface area contributed by atoms with Crippen LogP contribution in [0.1, 0.15) is 34.1 Å². The van der Waals surface area contributed by atoms with E-state index < -0.39 is 0 Å². The Balaban J connectivity index is 2.58. The number of nitrogens with zero attached hydrogens (tertiary/aromatic N) is 2. The summed E-state index contributed by atoms with van der Waals surface area (Å²) in [5, 5.41) is 4.60. The van der Waals surface area contributed by atoms with Crippen molar-refractivity contribution in [1.82, 2.24) is 10.2 Å². The van der Waals surface area contributed by atoms with Gasteiger partial charge in [0.05, 0.1) is 6.54 Å². The van der Waals surface area contributed by atoms with Gasteiger partial charge < -0.3 is 10.2 Å². The molecule has 94 valence electrons. The molecule has 1 aliphatic heterocycles. The smallest absolute Gasteiger partial charge is 0.157 e. The Morgan fingerprint density at radius 2 is 2.06 bits per heavy atom. The highest BCUT2D eigenvalue weighted by atomic mass is 32.2. The van der Waals surface area contributed by atoms with Gasteiger partial charge in [0.25, 0.3) is 0 Å². The van der Waals surface area contributed by atoms with E-state index in [1.165, 1.54) is 12.2 Å². The van der Waals surface area contributed by atoms with Gasteiger partial charge in [0.1, 0.15) is 0 Å². The second-order valence-electron chi connectivity index (χ2n) is 5.94. The Bertz CT molecular complexity index is 269. The molecule has 1 fully saturated rings. The van der Waals surface area contributed by atoms with E-state index in [1.54, 1.807) is 0 Å². The fourth-order valence-electron chi connectivity index (χ4n) is 1.28. The number of amidine groups is 1. The van der Waals surface area contributed by atoms with Crippen molar-refractivity contribution in [3.8, 4) is 0 Å². The number of thioether (sulfide) groups is 1. The van der Waals surface area contributed by atoms with Crippen LogP contribution in [0.3, 0.4) is 0 Å². The van der Waals surface area contributed by atoms with Crippen LogP contribution in [-0.2, 0) is 0 Å². The zero-order valence-corrected chi connectivity index (χ0v) is 12.2. The molecule has 0 bridgehead atoms. The molecule has 0 aromatic heterocycles. The summed E-state index contributed by atoms with van der Waals surface area (Å²) in [6.07, 6.45) is 1.20. The van der Waals surface area contributed by atoms with Crippen LogP contribution in [0.2, 0.25) is 0 Å². The zero-order chi connectivity index (χ0) is 12.4. The second-order valence-corrected chi connectivity index (χ2v) is 7.02. The Kier molecular flexibility index (Phi) is 4.29. The van der Waals surface area contributed by atoms with Crippen LogP contribution < -0.4 is 5.32 Å². The topological polar surface area (TPSA) is 27.6 Å². The maximum Gasteiger partial charge on any atom is 0.157 e. The van der Waals surface area contributed by atoms with E-state index in [-0.39, 0.29) is 11.1 Å². The molecule has 0 spiro atoms. The number of nitrogens with one attached hydrogen (secondary N) is 1. The molecule has 0 radical (unpaired) electrons. The molecule has 1 saturated heterocycles. The number of hydrogen-bond acceptors (Lipinski definition) is 3. The summed E-state index contributed by atoms with van der Waals surface area (Å²) in [5.74, 6) is 1.17. The summed E-state index contributed by atoms with van der Waals surface area (Å²) in [6.45, 7) is 9.75. The first-order valence-corrected chi connectivity index (χ1v) is 6.84. The highest BCUT2D eigenvalue weighted by Crippen LogP contribution is 2.22. The molecule has 0 unspecified atom stereocenters. The molecule has 0 aromatic rings. The first-order chi connectivity index (χ1) is 7.23. The molecule has 1 N–H and O–H groups in total. The maximum atomic E-state index is 4.70. The lowest BCUT2D eigenvalue weighted by Gasteiger charge is -2.34. The molecule has 0 amide bonds. The molecule has 1 rings (SSSR count). The van der Waals surface area contributed by atoms with Crippen LogP contribution in [0.15, 0.2) is 4.99 Å². The molecule has 3 nitrogen and oxygen atoms in total. The summed E-state index contributed by atoms with van der Waals surface area (Å²) in [6, 6.07) is 0. The van der Waals surface area contributed by atoms with E-state index in [0.717, 1.165) is 11.7 Å². The Labute approximate surface area is 104 Å². The van der Waals surface area contributed by atoms with E-state index in [0.29, 0.717) is 0 Å². The molecule has 0 aliphatic carbocycles. The predicted octanol–water partition coefficient (Wildman–Crippen LogP) is 2.19. The molecule has 4 heteroatoms. The van der Waals surface area contributed by atoms with E-state index >= 15 is 0 Å². The maximum absolute atomic E-state index is 4.70. The van der Waals surface area contributed by atoms with Gasteiger partial charge in [-0.3, -0.25) is 4.99 Å². The Morgan fingerprint density at radius 3 is 2.56 bits per heavy atom. The van der Waals surface area contributed by atoms with Gasteiger partial charge in [0, 0.05) is 16.8 Å². The third-order valence-corrected chi connectivity index (χ3v) is 4.14. The van der Waals surface area contributed by atoms with Crippen molar-refractivity contribution in [2.24, 2.45) is 4.99 Å². The fourth-order valence-corrected chi connectivity index (χ4v) is 2.59. The van der Waals surface area contributed by atoms with E-state index in [9.17, 15) is 0 Å². The van der Waals surface area contributed by atoms with Gasteiger partial charge in [-0.15, -0.1) is 0 Å². The van der Waals surface area contributed by atoms with Gasteiger partial charge >= 0.3 is 0 Å². The van der Waals surface area contributed by atoms with Crippen LogP contribution in [0.5, 0.6) is 0 Å². The predicted molar refractivity (Wildman–Crippen MR) is 74.4 cm³/mol. The SMILES string of the molecule is CN(C)C(C)(C)CN=C1NC(C)(C)CCS1. The monoisotopic (exact) mass is 243 g/mol. The molecule has 0 atom stereocenters. The molecule has 1 heterocycles. The number of rotatable bonds is 3. The first kappa shape index (κ1) is 13.8. The van der Waals surface area contributed by atoms with Crippen molar-refractivity contribution < 1.29 is 0 Å². The van der Waals surface area contributed by atoms with Gasteiger partial charge in [-0.2, -0.15) is 0 Å². The van der Waals surface area contributed by atoms with Crippen LogP contribution >= 0.6 is 11.8 Å². The summed E-state index contributed by atoms with van der Waals surface area (Å²) in [5.41, 5.74) is 0.323. The number of hydrogen-bond donors (Lipinski definition) is 1. The van der Waals surface area contributed by atoms with Gasteiger partial charge in [-0.1, -0.05) is 11.8 Å². The zero-order valence-electron chi connectivity index (χ0n) is 11.4. The lowest BCUT2D eigenvalue weighted by atomic mass is 10.0.